The van der Waals surface area contributed by atoms with Crippen LogP contribution in [0, 0.1) is 11.8 Å². The monoisotopic (exact) mass is 265 g/mol. The molecular weight excluding hydrogens is 238 g/mol. The van der Waals surface area contributed by atoms with Crippen LogP contribution in [0.5, 0.6) is 5.75 Å². The van der Waals surface area contributed by atoms with E-state index in [0.29, 0.717) is 18.0 Å². The number of ether oxygens (including phenoxy) is 1. The van der Waals surface area contributed by atoms with Crippen molar-refractivity contribution in [2.24, 2.45) is 11.8 Å². The van der Waals surface area contributed by atoms with E-state index in [4.69, 9.17) is 4.74 Å². The summed E-state index contributed by atoms with van der Waals surface area (Å²) in [6.45, 7) is 9.81. The molecular formula is C15H27N3O. The lowest BCUT2D eigenvalue weighted by Gasteiger charge is -2.27. The van der Waals surface area contributed by atoms with Gasteiger partial charge in [-0.05, 0) is 45.1 Å². The van der Waals surface area contributed by atoms with Gasteiger partial charge in [0.15, 0.2) is 5.75 Å². The van der Waals surface area contributed by atoms with Gasteiger partial charge in [0.25, 0.3) is 0 Å². The molecule has 1 heterocycles. The first kappa shape index (κ1) is 14.4. The van der Waals surface area contributed by atoms with Gasteiger partial charge in [0.05, 0.1) is 25.0 Å². The molecule has 0 aliphatic heterocycles. The van der Waals surface area contributed by atoms with Gasteiger partial charge < -0.3 is 10.1 Å². The first-order valence-corrected chi connectivity index (χ1v) is 7.44. The van der Waals surface area contributed by atoms with Crippen LogP contribution in [0.1, 0.15) is 58.3 Å². The van der Waals surface area contributed by atoms with Gasteiger partial charge in [-0.25, -0.2) is 0 Å². The largest absolute Gasteiger partial charge is 0.493 e. The first-order chi connectivity index (χ1) is 9.10. The summed E-state index contributed by atoms with van der Waals surface area (Å²) in [6.07, 6.45) is 4.57. The molecule has 0 aromatic carbocycles. The van der Waals surface area contributed by atoms with Crippen LogP contribution >= 0.6 is 0 Å². The fraction of sp³-hybridized carbons (Fsp3) is 0.800. The molecule has 0 saturated heterocycles. The van der Waals surface area contributed by atoms with Crippen molar-refractivity contribution in [3.8, 4) is 5.75 Å². The lowest BCUT2D eigenvalue weighted by atomic mass is 9.93. The van der Waals surface area contributed by atoms with E-state index < -0.39 is 0 Å². The number of nitrogens with one attached hydrogen (secondary N) is 1. The van der Waals surface area contributed by atoms with E-state index in [0.717, 1.165) is 18.2 Å². The molecule has 0 spiro atoms. The minimum absolute atomic E-state index is 0.331. The molecule has 1 aromatic heterocycles. The third kappa shape index (κ3) is 2.94. The molecule has 0 bridgehead atoms. The van der Waals surface area contributed by atoms with Crippen LogP contribution in [-0.4, -0.2) is 23.4 Å². The predicted octanol–water partition coefficient (Wildman–Crippen LogP) is 3.17. The highest BCUT2D eigenvalue weighted by Crippen LogP contribution is 2.44. The number of nitrogens with zero attached hydrogens (tertiary/aromatic N) is 2. The summed E-state index contributed by atoms with van der Waals surface area (Å²) in [5.41, 5.74) is 1.21. The zero-order valence-electron chi connectivity index (χ0n) is 12.8. The maximum atomic E-state index is 5.53. The zero-order chi connectivity index (χ0) is 14.0. The smallest absolute Gasteiger partial charge is 0.161 e. The highest BCUT2D eigenvalue weighted by Gasteiger charge is 2.36. The molecule has 19 heavy (non-hydrogen) atoms. The maximum absolute atomic E-state index is 5.53. The van der Waals surface area contributed by atoms with Crippen LogP contribution in [0.2, 0.25) is 0 Å². The Hall–Kier alpha value is -1.03. The average molecular weight is 265 g/mol. The highest BCUT2D eigenvalue weighted by molar-refractivity contribution is 5.29. The minimum Gasteiger partial charge on any atom is -0.493 e. The first-order valence-electron chi connectivity index (χ1n) is 7.44. The standard InChI is InChI=1S/C15H27N3O/c1-6-16-14(11(4)12-7-8-12)15-13(19-5)9-17-18(15)10(2)3/h9-12,14,16H,6-8H2,1-5H3. The van der Waals surface area contributed by atoms with E-state index in [-0.39, 0.29) is 0 Å². The van der Waals surface area contributed by atoms with Crippen LogP contribution in [0.3, 0.4) is 0 Å². The summed E-state index contributed by atoms with van der Waals surface area (Å²) < 4.78 is 7.63. The highest BCUT2D eigenvalue weighted by atomic mass is 16.5. The average Bonchev–Trinajstić information content (AvgIpc) is 3.14. The Kier molecular flexibility index (Phi) is 4.50. The third-order valence-corrected chi connectivity index (χ3v) is 4.12. The predicted molar refractivity (Wildman–Crippen MR) is 77.5 cm³/mol. The van der Waals surface area contributed by atoms with Crippen molar-refractivity contribution in [1.82, 2.24) is 15.1 Å². The third-order valence-electron chi connectivity index (χ3n) is 4.12. The molecule has 4 heteroatoms. The van der Waals surface area contributed by atoms with E-state index in [1.165, 1.54) is 18.5 Å². The Bertz CT molecular complexity index is 410. The van der Waals surface area contributed by atoms with Crippen LogP contribution in [0.15, 0.2) is 6.20 Å². The molecule has 4 nitrogen and oxygen atoms in total. The Morgan fingerprint density at radius 3 is 2.58 bits per heavy atom. The topological polar surface area (TPSA) is 39.1 Å². The van der Waals surface area contributed by atoms with E-state index >= 15 is 0 Å². The van der Waals surface area contributed by atoms with Crippen LogP contribution < -0.4 is 10.1 Å². The van der Waals surface area contributed by atoms with Crippen molar-refractivity contribution in [2.45, 2.75) is 52.6 Å². The molecule has 1 aliphatic carbocycles. The van der Waals surface area contributed by atoms with E-state index in [1.54, 1.807) is 7.11 Å². The number of hydrogen-bond donors (Lipinski definition) is 1. The minimum atomic E-state index is 0.331. The van der Waals surface area contributed by atoms with E-state index in [9.17, 15) is 0 Å². The molecule has 0 radical (unpaired) electrons. The molecule has 0 amide bonds. The van der Waals surface area contributed by atoms with E-state index in [2.05, 4.69) is 42.8 Å². The lowest BCUT2D eigenvalue weighted by molar-refractivity contribution is 0.312. The second kappa shape index (κ2) is 5.95. The summed E-state index contributed by atoms with van der Waals surface area (Å²) in [7, 11) is 1.73. The van der Waals surface area contributed by atoms with Gasteiger partial charge in [-0.2, -0.15) is 5.10 Å². The number of aromatic nitrogens is 2. The Labute approximate surface area is 116 Å². The van der Waals surface area contributed by atoms with Crippen LogP contribution in [0.4, 0.5) is 0 Å². The van der Waals surface area contributed by atoms with Crippen LogP contribution in [-0.2, 0) is 0 Å². The van der Waals surface area contributed by atoms with Gasteiger partial charge in [-0.3, -0.25) is 4.68 Å². The molecule has 1 aromatic rings. The Balaban J connectivity index is 2.35. The Morgan fingerprint density at radius 1 is 1.42 bits per heavy atom. The van der Waals surface area contributed by atoms with Crippen molar-refractivity contribution in [1.29, 1.82) is 0 Å². The van der Waals surface area contributed by atoms with Gasteiger partial charge in [-0.1, -0.05) is 13.8 Å². The number of hydrogen-bond acceptors (Lipinski definition) is 3. The van der Waals surface area contributed by atoms with Crippen LogP contribution in [0.25, 0.3) is 0 Å². The molecule has 1 N–H and O–H groups in total. The van der Waals surface area contributed by atoms with E-state index in [1.807, 2.05) is 6.20 Å². The van der Waals surface area contributed by atoms with Gasteiger partial charge in [-0.15, -0.1) is 0 Å². The van der Waals surface area contributed by atoms with Crippen molar-refractivity contribution < 1.29 is 4.74 Å². The summed E-state index contributed by atoms with van der Waals surface area (Å²) in [5.74, 6) is 2.39. The zero-order valence-corrected chi connectivity index (χ0v) is 12.8. The second-order valence-corrected chi connectivity index (χ2v) is 5.87. The molecule has 1 aliphatic rings. The summed E-state index contributed by atoms with van der Waals surface area (Å²) in [4.78, 5) is 0. The van der Waals surface area contributed by atoms with Crippen molar-refractivity contribution >= 4 is 0 Å². The van der Waals surface area contributed by atoms with Gasteiger partial charge in [0.2, 0.25) is 0 Å². The summed E-state index contributed by atoms with van der Waals surface area (Å²) >= 11 is 0. The van der Waals surface area contributed by atoms with Crippen molar-refractivity contribution in [3.63, 3.8) is 0 Å². The summed E-state index contributed by atoms with van der Waals surface area (Å²) in [6, 6.07) is 0.684. The lowest BCUT2D eigenvalue weighted by Crippen LogP contribution is -2.31. The molecule has 2 atom stereocenters. The fourth-order valence-electron chi connectivity index (χ4n) is 2.87. The number of rotatable bonds is 7. The molecule has 108 valence electrons. The maximum Gasteiger partial charge on any atom is 0.161 e. The molecule has 1 saturated carbocycles. The van der Waals surface area contributed by atoms with Gasteiger partial charge in [0.1, 0.15) is 0 Å². The Morgan fingerprint density at radius 2 is 2.11 bits per heavy atom. The normalized spacial score (nSPS) is 18.6. The van der Waals surface area contributed by atoms with Gasteiger partial charge in [0, 0.05) is 6.04 Å². The summed E-state index contributed by atoms with van der Waals surface area (Å²) in [5, 5.41) is 8.14. The van der Waals surface area contributed by atoms with Gasteiger partial charge >= 0.3 is 0 Å². The number of methoxy groups -OCH3 is 1. The quantitative estimate of drug-likeness (QED) is 0.823. The molecule has 2 rings (SSSR count). The SMILES string of the molecule is CCNC(c1c(OC)cnn1C(C)C)C(C)C1CC1. The van der Waals surface area contributed by atoms with Crippen molar-refractivity contribution in [2.75, 3.05) is 13.7 Å². The fourth-order valence-corrected chi connectivity index (χ4v) is 2.87. The molecule has 2 unspecified atom stereocenters. The van der Waals surface area contributed by atoms with Crippen molar-refractivity contribution in [3.05, 3.63) is 11.9 Å². The molecule has 1 fully saturated rings. The second-order valence-electron chi connectivity index (χ2n) is 5.87.